The molecular weight excluding hydrogens is 287 g/mol. The Kier molecular flexibility index (Phi) is 3.64. The molecule has 0 spiro atoms. The van der Waals surface area contributed by atoms with E-state index in [1.54, 1.807) is 6.92 Å². The van der Waals surface area contributed by atoms with Crippen LogP contribution in [0.3, 0.4) is 0 Å². The van der Waals surface area contributed by atoms with E-state index in [2.05, 4.69) is 4.98 Å². The summed E-state index contributed by atoms with van der Waals surface area (Å²) < 4.78 is 36.6. The first kappa shape index (κ1) is 13.4. The van der Waals surface area contributed by atoms with Crippen molar-refractivity contribution >= 4 is 23.2 Å². The van der Waals surface area contributed by atoms with E-state index in [4.69, 9.17) is 32.7 Å². The Labute approximate surface area is 112 Å². The van der Waals surface area contributed by atoms with Crippen LogP contribution in [-0.2, 0) is 15.3 Å². The zero-order valence-corrected chi connectivity index (χ0v) is 10.8. The van der Waals surface area contributed by atoms with Gasteiger partial charge in [0.05, 0.1) is 5.56 Å². The van der Waals surface area contributed by atoms with Crippen molar-refractivity contribution in [2.45, 2.75) is 19.1 Å². The second-order valence-corrected chi connectivity index (χ2v) is 4.36. The van der Waals surface area contributed by atoms with Gasteiger partial charge in [0.25, 0.3) is 12.2 Å². The predicted molar refractivity (Wildman–Crippen MR) is 62.5 cm³/mol. The maximum Gasteiger partial charge on any atom is 0.292 e. The van der Waals surface area contributed by atoms with Crippen LogP contribution in [0.5, 0.6) is 0 Å². The molecule has 1 unspecified atom stereocenters. The predicted octanol–water partition coefficient (Wildman–Crippen LogP) is 3.97. The second-order valence-electron chi connectivity index (χ2n) is 3.70. The van der Waals surface area contributed by atoms with E-state index in [9.17, 15) is 8.78 Å². The van der Waals surface area contributed by atoms with E-state index >= 15 is 0 Å². The number of rotatable bonds is 3. The molecule has 2 heterocycles. The number of pyridine rings is 1. The number of allylic oxidation sites excluding steroid dienone is 1. The van der Waals surface area contributed by atoms with Crippen LogP contribution >= 0.6 is 23.2 Å². The smallest absolute Gasteiger partial charge is 0.292 e. The first-order valence-electron chi connectivity index (χ1n) is 5.03. The minimum atomic E-state index is -2.80. The van der Waals surface area contributed by atoms with Crippen molar-refractivity contribution in [3.63, 3.8) is 0 Å². The Bertz CT molecular complexity index is 496. The van der Waals surface area contributed by atoms with E-state index in [-0.39, 0.29) is 16.6 Å². The lowest BCUT2D eigenvalue weighted by Crippen LogP contribution is -2.31. The maximum atomic E-state index is 13.0. The fourth-order valence-corrected chi connectivity index (χ4v) is 2.09. The zero-order valence-electron chi connectivity index (χ0n) is 9.29. The molecule has 0 bridgehead atoms. The minimum Gasteiger partial charge on any atom is -0.451 e. The Hall–Kier alpha value is -1.07. The van der Waals surface area contributed by atoms with Gasteiger partial charge in [-0.15, -0.1) is 11.6 Å². The van der Waals surface area contributed by atoms with Crippen LogP contribution in [0.2, 0.25) is 5.15 Å². The van der Waals surface area contributed by atoms with Gasteiger partial charge in [0, 0.05) is 0 Å². The van der Waals surface area contributed by atoms with Crippen LogP contribution in [-0.4, -0.2) is 10.9 Å². The van der Waals surface area contributed by atoms with Crippen LogP contribution in [0.1, 0.15) is 24.6 Å². The number of halogens is 4. The second kappa shape index (κ2) is 4.90. The van der Waals surface area contributed by atoms with E-state index in [0.29, 0.717) is 5.76 Å². The van der Waals surface area contributed by atoms with E-state index < -0.39 is 17.9 Å². The molecule has 0 saturated heterocycles. The van der Waals surface area contributed by atoms with Crippen molar-refractivity contribution in [1.29, 1.82) is 0 Å². The molecule has 0 saturated carbocycles. The molecule has 0 aliphatic carbocycles. The third kappa shape index (κ3) is 2.24. The number of hydrogen-bond acceptors (Lipinski definition) is 3. The highest BCUT2D eigenvalue weighted by molar-refractivity contribution is 6.29. The van der Waals surface area contributed by atoms with Crippen molar-refractivity contribution in [2.75, 3.05) is 5.88 Å². The normalized spacial score (nSPS) is 22.7. The summed E-state index contributed by atoms with van der Waals surface area (Å²) in [5.41, 5.74) is -0.420. The van der Waals surface area contributed by atoms with Gasteiger partial charge in [-0.25, -0.2) is 13.8 Å². The molecular formula is C11H9Cl2F2NO2. The number of ether oxygens (including phenoxy) is 2. The van der Waals surface area contributed by atoms with Gasteiger partial charge in [0.15, 0.2) is 0 Å². The average molecular weight is 296 g/mol. The highest BCUT2D eigenvalue weighted by atomic mass is 35.5. The van der Waals surface area contributed by atoms with Crippen LogP contribution in [0, 0.1) is 0 Å². The lowest BCUT2D eigenvalue weighted by Gasteiger charge is -2.27. The van der Waals surface area contributed by atoms with Gasteiger partial charge in [-0.1, -0.05) is 11.6 Å². The van der Waals surface area contributed by atoms with Gasteiger partial charge in [0.2, 0.25) is 0 Å². The molecule has 1 aliphatic heterocycles. The molecule has 1 aliphatic rings. The molecule has 0 aromatic carbocycles. The molecule has 0 N–H and O–H groups in total. The number of hydrogen-bond donors (Lipinski definition) is 0. The molecule has 2 rings (SSSR count). The lowest BCUT2D eigenvalue weighted by molar-refractivity contribution is -0.138. The molecule has 0 radical (unpaired) electrons. The molecule has 1 aromatic heterocycles. The quantitative estimate of drug-likeness (QED) is 0.624. The lowest BCUT2D eigenvalue weighted by atomic mass is 10.1. The summed E-state index contributed by atoms with van der Waals surface area (Å²) in [7, 11) is 0. The van der Waals surface area contributed by atoms with Crippen molar-refractivity contribution < 1.29 is 18.3 Å². The molecule has 18 heavy (non-hydrogen) atoms. The molecule has 7 heteroatoms. The fraction of sp³-hybridized carbons (Fsp3) is 0.364. The Morgan fingerprint density at radius 2 is 2.17 bits per heavy atom. The topological polar surface area (TPSA) is 31.4 Å². The van der Waals surface area contributed by atoms with Crippen molar-refractivity contribution in [2.24, 2.45) is 0 Å². The molecule has 98 valence electrons. The van der Waals surface area contributed by atoms with Crippen LogP contribution in [0.15, 0.2) is 24.2 Å². The summed E-state index contributed by atoms with van der Waals surface area (Å²) in [6.07, 6.45) is -1.47. The van der Waals surface area contributed by atoms with Gasteiger partial charge >= 0.3 is 0 Å². The highest BCUT2D eigenvalue weighted by Crippen LogP contribution is 2.40. The average Bonchev–Trinajstić information content (AvgIpc) is 2.72. The monoisotopic (exact) mass is 295 g/mol. The highest BCUT2D eigenvalue weighted by Gasteiger charge is 2.43. The summed E-state index contributed by atoms with van der Waals surface area (Å²) in [6, 6.07) is 2.77. The summed E-state index contributed by atoms with van der Waals surface area (Å²) in [6.45, 7) is 1.64. The van der Waals surface area contributed by atoms with Gasteiger partial charge in [-0.2, -0.15) is 0 Å². The summed E-state index contributed by atoms with van der Waals surface area (Å²) in [5, 5.41) is -0.0264. The van der Waals surface area contributed by atoms with Gasteiger partial charge in [-0.3, -0.25) is 0 Å². The fourth-order valence-electron chi connectivity index (χ4n) is 1.67. The summed E-state index contributed by atoms with van der Waals surface area (Å²) >= 11 is 11.4. The molecule has 0 fully saturated rings. The molecule has 3 nitrogen and oxygen atoms in total. The largest absolute Gasteiger partial charge is 0.451 e. The summed E-state index contributed by atoms with van der Waals surface area (Å²) in [4.78, 5) is 3.61. The van der Waals surface area contributed by atoms with Crippen LogP contribution in [0.4, 0.5) is 8.78 Å². The first-order valence-corrected chi connectivity index (χ1v) is 5.94. The first-order chi connectivity index (χ1) is 8.48. The van der Waals surface area contributed by atoms with Crippen molar-refractivity contribution in [3.8, 4) is 0 Å². The van der Waals surface area contributed by atoms with Crippen LogP contribution < -0.4 is 0 Å². The Morgan fingerprint density at radius 1 is 1.44 bits per heavy atom. The third-order valence-corrected chi connectivity index (χ3v) is 2.99. The number of alkyl halides is 3. The van der Waals surface area contributed by atoms with Gasteiger partial charge in [0.1, 0.15) is 28.7 Å². The standard InChI is InChI=1S/C11H9Cl2F2NO2/c1-6-4-17-11(5-12,18-6)7-2-3-8(13)16-9(7)10(14)15/h2-4,10H,5H2,1H3. The van der Waals surface area contributed by atoms with E-state index in [1.165, 1.54) is 18.4 Å². The van der Waals surface area contributed by atoms with Crippen molar-refractivity contribution in [1.82, 2.24) is 4.98 Å². The van der Waals surface area contributed by atoms with E-state index in [1.807, 2.05) is 0 Å². The number of nitrogens with zero attached hydrogens (tertiary/aromatic N) is 1. The minimum absolute atomic E-state index is 0.0264. The Balaban J connectivity index is 2.50. The van der Waals surface area contributed by atoms with Gasteiger partial charge in [-0.05, 0) is 19.1 Å². The SMILES string of the molecule is CC1=COC(CCl)(c2ccc(Cl)nc2C(F)F)O1. The van der Waals surface area contributed by atoms with Gasteiger partial charge < -0.3 is 9.47 Å². The third-order valence-electron chi connectivity index (χ3n) is 2.42. The maximum absolute atomic E-state index is 13.0. The van der Waals surface area contributed by atoms with E-state index in [0.717, 1.165) is 0 Å². The van der Waals surface area contributed by atoms with Crippen molar-refractivity contribution in [3.05, 3.63) is 40.6 Å². The van der Waals surface area contributed by atoms with Crippen LogP contribution in [0.25, 0.3) is 0 Å². The Morgan fingerprint density at radius 3 is 2.67 bits per heavy atom. The zero-order chi connectivity index (χ0) is 13.3. The summed E-state index contributed by atoms with van der Waals surface area (Å²) in [5.74, 6) is -1.16. The molecule has 1 atom stereocenters. The molecule has 0 amide bonds. The molecule has 1 aromatic rings. The number of aromatic nitrogens is 1.